The van der Waals surface area contributed by atoms with Crippen LogP contribution in [0, 0.1) is 11.3 Å². The van der Waals surface area contributed by atoms with E-state index in [0.717, 1.165) is 16.6 Å². The van der Waals surface area contributed by atoms with Crippen molar-refractivity contribution in [3.63, 3.8) is 0 Å². The van der Waals surface area contributed by atoms with Gasteiger partial charge in [-0.3, -0.25) is 9.78 Å². The van der Waals surface area contributed by atoms with E-state index in [-0.39, 0.29) is 5.69 Å². The molecular formula is C21H14N6O. The van der Waals surface area contributed by atoms with E-state index < -0.39 is 5.91 Å². The lowest BCUT2D eigenvalue weighted by Crippen LogP contribution is -2.15. The van der Waals surface area contributed by atoms with Crippen molar-refractivity contribution in [2.75, 3.05) is 10.6 Å². The average molecular weight is 366 g/mol. The Labute approximate surface area is 160 Å². The minimum atomic E-state index is -0.427. The Morgan fingerprint density at radius 3 is 2.64 bits per heavy atom. The molecule has 2 aromatic carbocycles. The first-order valence-electron chi connectivity index (χ1n) is 8.48. The molecule has 7 nitrogen and oxygen atoms in total. The number of amides is 1. The number of rotatable bonds is 4. The first kappa shape index (κ1) is 17.1. The summed E-state index contributed by atoms with van der Waals surface area (Å²) >= 11 is 0. The second kappa shape index (κ2) is 7.51. The third kappa shape index (κ3) is 3.48. The van der Waals surface area contributed by atoms with Crippen molar-refractivity contribution in [1.29, 1.82) is 5.26 Å². The summed E-state index contributed by atoms with van der Waals surface area (Å²) in [4.78, 5) is 25.2. The lowest BCUT2D eigenvalue weighted by atomic mass is 10.2. The highest BCUT2D eigenvalue weighted by atomic mass is 16.1. The van der Waals surface area contributed by atoms with Gasteiger partial charge in [0.15, 0.2) is 0 Å². The highest BCUT2D eigenvalue weighted by Gasteiger charge is 2.12. The molecule has 134 valence electrons. The summed E-state index contributed by atoms with van der Waals surface area (Å²) < 4.78 is 0. The highest BCUT2D eigenvalue weighted by Crippen LogP contribution is 2.24. The Kier molecular flexibility index (Phi) is 4.59. The molecule has 4 aromatic rings. The number of anilines is 3. The maximum Gasteiger partial charge on any atom is 0.274 e. The molecule has 7 heteroatoms. The number of carbonyl (C=O) groups excluding carboxylic acids is 1. The van der Waals surface area contributed by atoms with Crippen molar-refractivity contribution in [3.8, 4) is 6.07 Å². The molecular weight excluding hydrogens is 352 g/mol. The van der Waals surface area contributed by atoms with Gasteiger partial charge in [-0.05, 0) is 24.3 Å². The fourth-order valence-electron chi connectivity index (χ4n) is 2.77. The van der Waals surface area contributed by atoms with Gasteiger partial charge in [0.25, 0.3) is 5.91 Å². The first-order valence-corrected chi connectivity index (χ1v) is 8.48. The Balaban J connectivity index is 1.59. The van der Waals surface area contributed by atoms with E-state index in [1.165, 1.54) is 6.33 Å². The van der Waals surface area contributed by atoms with Crippen molar-refractivity contribution in [2.45, 2.75) is 0 Å². The quantitative estimate of drug-likeness (QED) is 0.568. The number of carbonyl (C=O) groups is 1. The standard InChI is InChI=1S/C21H14N6O/c22-12-15-5-1-2-8-16(15)27-21(28)18-11-19(25-13-24-18)26-17-9-3-6-14-7-4-10-23-20(14)17/h1-11,13H,(H,27,28)(H,24,25,26). The molecule has 0 fully saturated rings. The Hall–Kier alpha value is -4.31. The summed E-state index contributed by atoms with van der Waals surface area (Å²) in [7, 11) is 0. The van der Waals surface area contributed by atoms with Gasteiger partial charge in [0.05, 0.1) is 22.5 Å². The average Bonchev–Trinajstić information content (AvgIpc) is 2.74. The molecule has 0 saturated carbocycles. The molecule has 0 bridgehead atoms. The summed E-state index contributed by atoms with van der Waals surface area (Å²) in [5, 5.41) is 16.0. The summed E-state index contributed by atoms with van der Waals surface area (Å²) in [6.45, 7) is 0. The molecule has 0 aliphatic heterocycles. The number of hydrogen-bond donors (Lipinski definition) is 2. The van der Waals surface area contributed by atoms with Crippen LogP contribution in [-0.2, 0) is 0 Å². The van der Waals surface area contributed by atoms with Crippen LogP contribution < -0.4 is 10.6 Å². The number of aromatic nitrogens is 3. The van der Waals surface area contributed by atoms with Gasteiger partial charge in [-0.2, -0.15) is 5.26 Å². The molecule has 0 saturated heterocycles. The molecule has 0 atom stereocenters. The van der Waals surface area contributed by atoms with E-state index in [2.05, 4.69) is 25.6 Å². The number of nitriles is 1. The van der Waals surface area contributed by atoms with E-state index in [0.29, 0.717) is 17.1 Å². The van der Waals surface area contributed by atoms with E-state index >= 15 is 0 Å². The second-order valence-corrected chi connectivity index (χ2v) is 5.91. The minimum absolute atomic E-state index is 0.179. The largest absolute Gasteiger partial charge is 0.338 e. The van der Waals surface area contributed by atoms with Gasteiger partial charge in [-0.25, -0.2) is 9.97 Å². The normalized spacial score (nSPS) is 10.2. The Morgan fingerprint density at radius 2 is 1.75 bits per heavy atom. The summed E-state index contributed by atoms with van der Waals surface area (Å²) in [6.07, 6.45) is 3.03. The number of pyridine rings is 1. The van der Waals surface area contributed by atoms with Crippen LogP contribution in [0.25, 0.3) is 10.9 Å². The van der Waals surface area contributed by atoms with Crippen LogP contribution in [0.1, 0.15) is 16.1 Å². The minimum Gasteiger partial charge on any atom is -0.338 e. The zero-order chi connectivity index (χ0) is 19.3. The number of hydrogen-bond acceptors (Lipinski definition) is 6. The van der Waals surface area contributed by atoms with Crippen molar-refractivity contribution in [3.05, 3.63) is 84.4 Å². The van der Waals surface area contributed by atoms with Crippen LogP contribution in [0.15, 0.2) is 73.2 Å². The molecule has 0 aliphatic carbocycles. The fourth-order valence-corrected chi connectivity index (χ4v) is 2.77. The van der Waals surface area contributed by atoms with Gasteiger partial charge in [0.1, 0.15) is 23.9 Å². The van der Waals surface area contributed by atoms with Crippen molar-refractivity contribution < 1.29 is 4.79 Å². The third-order valence-corrected chi connectivity index (χ3v) is 4.09. The Bertz CT molecular complexity index is 1210. The zero-order valence-electron chi connectivity index (χ0n) is 14.6. The maximum absolute atomic E-state index is 12.5. The molecule has 2 aromatic heterocycles. The highest BCUT2D eigenvalue weighted by molar-refractivity contribution is 6.04. The number of para-hydroxylation sites is 2. The number of fused-ring (bicyclic) bond motifs is 1. The maximum atomic E-state index is 12.5. The van der Waals surface area contributed by atoms with E-state index in [9.17, 15) is 4.79 Å². The summed E-state index contributed by atoms with van der Waals surface area (Å²) in [5.41, 5.74) is 2.57. The second-order valence-electron chi connectivity index (χ2n) is 5.91. The van der Waals surface area contributed by atoms with E-state index in [1.807, 2.05) is 36.4 Å². The van der Waals surface area contributed by atoms with Crippen LogP contribution >= 0.6 is 0 Å². The van der Waals surface area contributed by atoms with Crippen molar-refractivity contribution in [2.24, 2.45) is 0 Å². The van der Waals surface area contributed by atoms with Crippen molar-refractivity contribution >= 4 is 34.0 Å². The summed E-state index contributed by atoms with van der Waals surface area (Å²) in [5.74, 6) is 0.0380. The van der Waals surface area contributed by atoms with Crippen LogP contribution in [0.2, 0.25) is 0 Å². The number of benzene rings is 2. The predicted molar refractivity (Wildman–Crippen MR) is 106 cm³/mol. The zero-order valence-corrected chi connectivity index (χ0v) is 14.6. The predicted octanol–water partition coefficient (Wildman–Crippen LogP) is 3.89. The molecule has 0 spiro atoms. The van der Waals surface area contributed by atoms with Gasteiger partial charge in [0.2, 0.25) is 0 Å². The van der Waals surface area contributed by atoms with Gasteiger partial charge in [-0.1, -0.05) is 30.3 Å². The van der Waals surface area contributed by atoms with Gasteiger partial charge in [-0.15, -0.1) is 0 Å². The monoisotopic (exact) mass is 366 g/mol. The molecule has 2 heterocycles. The Morgan fingerprint density at radius 1 is 0.929 bits per heavy atom. The molecule has 28 heavy (non-hydrogen) atoms. The molecule has 0 unspecified atom stereocenters. The third-order valence-electron chi connectivity index (χ3n) is 4.09. The molecule has 0 aliphatic rings. The molecule has 1 amide bonds. The lowest BCUT2D eigenvalue weighted by Gasteiger charge is -2.10. The number of nitrogens with zero attached hydrogens (tertiary/aromatic N) is 4. The van der Waals surface area contributed by atoms with Crippen LogP contribution in [0.5, 0.6) is 0 Å². The van der Waals surface area contributed by atoms with Gasteiger partial charge >= 0.3 is 0 Å². The first-order chi connectivity index (χ1) is 13.7. The molecule has 2 N–H and O–H groups in total. The van der Waals surface area contributed by atoms with E-state index in [4.69, 9.17) is 5.26 Å². The topological polar surface area (TPSA) is 104 Å². The van der Waals surface area contributed by atoms with Crippen molar-refractivity contribution in [1.82, 2.24) is 15.0 Å². The van der Waals surface area contributed by atoms with Crippen LogP contribution in [0.3, 0.4) is 0 Å². The molecule has 0 radical (unpaired) electrons. The lowest BCUT2D eigenvalue weighted by molar-refractivity contribution is 0.102. The smallest absolute Gasteiger partial charge is 0.274 e. The van der Waals surface area contributed by atoms with Crippen LogP contribution in [0.4, 0.5) is 17.2 Å². The number of nitrogens with one attached hydrogen (secondary N) is 2. The van der Waals surface area contributed by atoms with E-state index in [1.54, 1.807) is 36.5 Å². The van der Waals surface area contributed by atoms with Gasteiger partial charge < -0.3 is 10.6 Å². The van der Waals surface area contributed by atoms with Gasteiger partial charge in [0, 0.05) is 17.6 Å². The SMILES string of the molecule is N#Cc1ccccc1NC(=O)c1cc(Nc2cccc3cccnc23)ncn1. The molecule has 4 rings (SSSR count). The fraction of sp³-hybridized carbons (Fsp3) is 0. The van der Waals surface area contributed by atoms with Crippen LogP contribution in [-0.4, -0.2) is 20.9 Å². The summed E-state index contributed by atoms with van der Waals surface area (Å²) in [6, 6.07) is 20.0.